The zero-order valence-corrected chi connectivity index (χ0v) is 15.2. The third-order valence-electron chi connectivity index (χ3n) is 4.17. The Morgan fingerprint density at radius 2 is 1.79 bits per heavy atom. The van der Waals surface area contributed by atoms with E-state index in [0.717, 1.165) is 29.8 Å². The van der Waals surface area contributed by atoms with Crippen molar-refractivity contribution in [1.29, 1.82) is 0 Å². The first-order valence-electron chi connectivity index (χ1n) is 8.69. The van der Waals surface area contributed by atoms with Crippen LogP contribution in [0.3, 0.4) is 0 Å². The number of hydrogen-bond acceptors (Lipinski definition) is 2. The lowest BCUT2D eigenvalue weighted by Gasteiger charge is -2.19. The summed E-state index contributed by atoms with van der Waals surface area (Å²) in [5.41, 5.74) is 6.77. The lowest BCUT2D eigenvalue weighted by Crippen LogP contribution is -2.09. The van der Waals surface area contributed by atoms with Crippen molar-refractivity contribution in [1.82, 2.24) is 15.0 Å². The Hall–Kier alpha value is -2.42. The molecule has 24 heavy (non-hydrogen) atoms. The fraction of sp³-hybridized carbons (Fsp3) is 0.333. The molecule has 1 aliphatic carbocycles. The average molecular weight is 321 g/mol. The Morgan fingerprint density at radius 3 is 2.42 bits per heavy atom. The van der Waals surface area contributed by atoms with E-state index >= 15 is 0 Å². The van der Waals surface area contributed by atoms with Crippen LogP contribution in [-0.4, -0.2) is 15.0 Å². The fourth-order valence-electron chi connectivity index (χ4n) is 3.05. The highest BCUT2D eigenvalue weighted by molar-refractivity contribution is 5.86. The van der Waals surface area contributed by atoms with Gasteiger partial charge >= 0.3 is 0 Å². The number of rotatable bonds is 3. The van der Waals surface area contributed by atoms with Crippen LogP contribution in [0, 0.1) is 0 Å². The average Bonchev–Trinajstić information content (AvgIpc) is 3.03. The summed E-state index contributed by atoms with van der Waals surface area (Å²) >= 11 is 0. The summed E-state index contributed by atoms with van der Waals surface area (Å²) in [5.74, 6) is 0. The molecule has 3 rings (SSSR count). The fourth-order valence-corrected chi connectivity index (χ4v) is 3.05. The highest BCUT2D eigenvalue weighted by Crippen LogP contribution is 2.37. The largest absolute Gasteiger partial charge is 0.242 e. The third kappa shape index (κ3) is 3.12. The quantitative estimate of drug-likeness (QED) is 0.734. The molecule has 126 valence electrons. The molecule has 0 aliphatic heterocycles. The maximum absolute atomic E-state index is 4.48. The van der Waals surface area contributed by atoms with Gasteiger partial charge in [0.2, 0.25) is 0 Å². The molecule has 2 aromatic rings. The molecular formula is C21H27N3. The number of hydrogen-bond donors (Lipinski definition) is 0. The summed E-state index contributed by atoms with van der Waals surface area (Å²) in [6.07, 6.45) is 5.77. The molecule has 0 radical (unpaired) electrons. The highest BCUT2D eigenvalue weighted by atomic mass is 15.4. The van der Waals surface area contributed by atoms with E-state index < -0.39 is 0 Å². The van der Waals surface area contributed by atoms with E-state index in [4.69, 9.17) is 0 Å². The Labute approximate surface area is 145 Å². The molecule has 0 fully saturated rings. The lowest BCUT2D eigenvalue weighted by atomic mass is 9.89. The molecule has 1 heterocycles. The van der Waals surface area contributed by atoms with Crippen molar-refractivity contribution < 1.29 is 0 Å². The van der Waals surface area contributed by atoms with E-state index in [0.29, 0.717) is 0 Å². The highest BCUT2D eigenvalue weighted by Gasteiger charge is 2.24. The first-order chi connectivity index (χ1) is 11.7. The molecule has 1 aromatic heterocycles. The molecule has 0 saturated heterocycles. The summed E-state index contributed by atoms with van der Waals surface area (Å²) in [5, 5.41) is 8.88. The van der Waals surface area contributed by atoms with Gasteiger partial charge in [-0.25, -0.2) is 4.68 Å². The summed E-state index contributed by atoms with van der Waals surface area (Å²) in [6.45, 7) is 16.2. The minimum Gasteiger partial charge on any atom is -0.242 e. The van der Waals surface area contributed by atoms with Gasteiger partial charge in [0.1, 0.15) is 5.69 Å². The zero-order chi connectivity index (χ0) is 17.7. The normalized spacial score (nSPS) is 16.2. The SMILES string of the molecule is C=C/C1=C(\C=C)c2c(nnn2C(C)C)-c2ccccc2CC1.CC. The Kier molecular flexibility index (Phi) is 5.91. The molecule has 0 unspecified atom stereocenters. The van der Waals surface area contributed by atoms with Crippen LogP contribution in [-0.2, 0) is 6.42 Å². The van der Waals surface area contributed by atoms with Gasteiger partial charge in [-0.2, -0.15) is 0 Å². The van der Waals surface area contributed by atoms with Crippen molar-refractivity contribution in [3.05, 3.63) is 66.4 Å². The maximum Gasteiger partial charge on any atom is 0.121 e. The number of allylic oxidation sites excluding steroid dienone is 4. The van der Waals surface area contributed by atoms with Crippen LogP contribution >= 0.6 is 0 Å². The molecule has 0 saturated carbocycles. The molecule has 1 aromatic carbocycles. The second-order valence-corrected chi connectivity index (χ2v) is 5.83. The van der Waals surface area contributed by atoms with E-state index in [-0.39, 0.29) is 6.04 Å². The van der Waals surface area contributed by atoms with Crippen LogP contribution in [0.1, 0.15) is 51.4 Å². The van der Waals surface area contributed by atoms with Crippen molar-refractivity contribution in [2.45, 2.75) is 46.6 Å². The van der Waals surface area contributed by atoms with Gasteiger partial charge in [-0.15, -0.1) is 5.10 Å². The van der Waals surface area contributed by atoms with Crippen LogP contribution < -0.4 is 0 Å². The number of nitrogens with zero attached hydrogens (tertiary/aromatic N) is 3. The van der Waals surface area contributed by atoms with Gasteiger partial charge in [0.25, 0.3) is 0 Å². The molecule has 3 nitrogen and oxygen atoms in total. The van der Waals surface area contributed by atoms with Crippen LogP contribution in [0.2, 0.25) is 0 Å². The maximum atomic E-state index is 4.48. The molecule has 0 atom stereocenters. The van der Waals surface area contributed by atoms with Crippen molar-refractivity contribution in [3.63, 3.8) is 0 Å². The van der Waals surface area contributed by atoms with Gasteiger partial charge < -0.3 is 0 Å². The van der Waals surface area contributed by atoms with Gasteiger partial charge in [-0.05, 0) is 37.8 Å². The monoisotopic (exact) mass is 321 g/mol. The standard InChI is InChI=1S/C19H21N3.C2H6/c1-5-14-11-12-15-9-7-8-10-17(15)18-19(16(14)6-2)22(13(3)4)21-20-18;1-2/h5-10,13H,1-2,11-12H2,3-4H3;1-2H3/b16-14-;. The molecule has 0 bridgehead atoms. The van der Waals surface area contributed by atoms with Gasteiger partial charge in [0.05, 0.1) is 5.69 Å². The molecular weight excluding hydrogens is 294 g/mol. The van der Waals surface area contributed by atoms with Crippen LogP contribution in [0.4, 0.5) is 0 Å². The van der Waals surface area contributed by atoms with Gasteiger partial charge in [0, 0.05) is 17.2 Å². The minimum absolute atomic E-state index is 0.240. The Bertz CT molecular complexity index is 763. The second-order valence-electron chi connectivity index (χ2n) is 5.83. The van der Waals surface area contributed by atoms with Gasteiger partial charge in [-0.1, -0.05) is 68.6 Å². The van der Waals surface area contributed by atoms with E-state index in [1.165, 1.54) is 16.7 Å². The molecule has 0 amide bonds. The smallest absolute Gasteiger partial charge is 0.121 e. The first kappa shape index (κ1) is 17.9. The number of aromatic nitrogens is 3. The topological polar surface area (TPSA) is 30.7 Å². The predicted octanol–water partition coefficient (Wildman–Crippen LogP) is 5.62. The van der Waals surface area contributed by atoms with Gasteiger partial charge in [-0.3, -0.25) is 0 Å². The van der Waals surface area contributed by atoms with Crippen molar-refractivity contribution in [2.75, 3.05) is 0 Å². The van der Waals surface area contributed by atoms with Crippen LogP contribution in [0.25, 0.3) is 16.8 Å². The Morgan fingerprint density at radius 1 is 1.08 bits per heavy atom. The van der Waals surface area contributed by atoms with E-state index in [9.17, 15) is 0 Å². The predicted molar refractivity (Wildman–Crippen MR) is 103 cm³/mol. The molecule has 0 N–H and O–H groups in total. The number of benzene rings is 1. The van der Waals surface area contributed by atoms with Crippen molar-refractivity contribution in [3.8, 4) is 11.3 Å². The van der Waals surface area contributed by atoms with Crippen molar-refractivity contribution in [2.24, 2.45) is 0 Å². The van der Waals surface area contributed by atoms with Crippen LogP contribution in [0.5, 0.6) is 0 Å². The first-order valence-corrected chi connectivity index (χ1v) is 8.69. The lowest BCUT2D eigenvalue weighted by molar-refractivity contribution is 0.509. The third-order valence-corrected chi connectivity index (χ3v) is 4.17. The molecule has 1 aliphatic rings. The van der Waals surface area contributed by atoms with E-state index in [1.54, 1.807) is 0 Å². The van der Waals surface area contributed by atoms with Crippen LogP contribution in [0.15, 0.2) is 55.1 Å². The zero-order valence-electron chi connectivity index (χ0n) is 15.2. The summed E-state index contributed by atoms with van der Waals surface area (Å²) in [4.78, 5) is 0. The van der Waals surface area contributed by atoms with E-state index in [1.807, 2.05) is 30.7 Å². The Balaban J connectivity index is 0.00000100. The summed E-state index contributed by atoms with van der Waals surface area (Å²) in [6, 6.07) is 8.69. The van der Waals surface area contributed by atoms with E-state index in [2.05, 4.69) is 61.6 Å². The summed E-state index contributed by atoms with van der Waals surface area (Å²) < 4.78 is 1.98. The number of aryl methyl sites for hydroxylation is 1. The second kappa shape index (κ2) is 7.91. The molecule has 0 spiro atoms. The summed E-state index contributed by atoms with van der Waals surface area (Å²) in [7, 11) is 0. The van der Waals surface area contributed by atoms with Crippen molar-refractivity contribution >= 4 is 5.57 Å². The van der Waals surface area contributed by atoms with Gasteiger partial charge in [0.15, 0.2) is 0 Å². The minimum atomic E-state index is 0.240. The molecule has 3 heteroatoms. The number of fused-ring (bicyclic) bond motifs is 3.